The number of ether oxygens (including phenoxy) is 1. The first-order valence-electron chi connectivity index (χ1n) is 6.53. The zero-order valence-electron chi connectivity index (χ0n) is 11.4. The van der Waals surface area contributed by atoms with Crippen molar-refractivity contribution in [3.8, 4) is 0 Å². The molecule has 0 aromatic heterocycles. The zero-order valence-corrected chi connectivity index (χ0v) is 12.2. The number of hydrogen-bond acceptors (Lipinski definition) is 3. The third-order valence-electron chi connectivity index (χ3n) is 2.50. The molecular formula is C14H21F2NOS. The second-order valence-corrected chi connectivity index (χ2v) is 5.74. The molecule has 0 radical (unpaired) electrons. The van der Waals surface area contributed by atoms with Crippen LogP contribution in [-0.2, 0) is 4.74 Å². The molecule has 0 heterocycles. The van der Waals surface area contributed by atoms with E-state index in [1.165, 1.54) is 23.9 Å². The van der Waals surface area contributed by atoms with Crippen LogP contribution in [0, 0.1) is 11.6 Å². The Labute approximate surface area is 117 Å². The summed E-state index contributed by atoms with van der Waals surface area (Å²) in [6.45, 7) is 7.17. The smallest absolute Gasteiger partial charge is 0.139 e. The Morgan fingerprint density at radius 2 is 2.16 bits per heavy atom. The van der Waals surface area contributed by atoms with Gasteiger partial charge in [0.25, 0.3) is 0 Å². The first-order valence-corrected chi connectivity index (χ1v) is 7.41. The van der Waals surface area contributed by atoms with Gasteiger partial charge in [0.1, 0.15) is 11.6 Å². The lowest BCUT2D eigenvalue weighted by Crippen LogP contribution is -2.24. The van der Waals surface area contributed by atoms with Crippen molar-refractivity contribution in [3.63, 3.8) is 0 Å². The van der Waals surface area contributed by atoms with Crippen molar-refractivity contribution < 1.29 is 13.5 Å². The van der Waals surface area contributed by atoms with Gasteiger partial charge in [-0.3, -0.25) is 0 Å². The molecule has 0 aliphatic rings. The Bertz CT molecular complexity index is 376. The highest BCUT2D eigenvalue weighted by Crippen LogP contribution is 2.26. The molecule has 0 fully saturated rings. The number of thioether (sulfide) groups is 1. The molecule has 1 unspecified atom stereocenters. The second-order valence-electron chi connectivity index (χ2n) is 4.26. The number of halogens is 2. The average molecular weight is 289 g/mol. The van der Waals surface area contributed by atoms with Crippen molar-refractivity contribution >= 4 is 11.8 Å². The molecule has 0 saturated heterocycles. The van der Waals surface area contributed by atoms with Crippen molar-refractivity contribution in [1.29, 1.82) is 0 Å². The van der Waals surface area contributed by atoms with E-state index in [0.29, 0.717) is 4.90 Å². The van der Waals surface area contributed by atoms with Crippen LogP contribution >= 0.6 is 11.8 Å². The highest BCUT2D eigenvalue weighted by Gasteiger charge is 2.09. The Morgan fingerprint density at radius 1 is 1.37 bits per heavy atom. The van der Waals surface area contributed by atoms with Gasteiger partial charge in [-0.25, -0.2) is 8.78 Å². The van der Waals surface area contributed by atoms with Crippen molar-refractivity contribution in [2.75, 3.05) is 26.3 Å². The zero-order chi connectivity index (χ0) is 14.1. The first-order chi connectivity index (χ1) is 9.13. The normalized spacial score (nSPS) is 12.6. The Balaban J connectivity index is 2.21. The molecule has 5 heteroatoms. The van der Waals surface area contributed by atoms with E-state index >= 15 is 0 Å². The van der Waals surface area contributed by atoms with Crippen LogP contribution in [0.4, 0.5) is 8.78 Å². The fourth-order valence-corrected chi connectivity index (χ4v) is 2.53. The lowest BCUT2D eigenvalue weighted by molar-refractivity contribution is 0.145. The monoisotopic (exact) mass is 289 g/mol. The van der Waals surface area contributed by atoms with Crippen LogP contribution in [0.5, 0.6) is 0 Å². The van der Waals surface area contributed by atoms with Gasteiger partial charge in [-0.05, 0) is 32.0 Å². The summed E-state index contributed by atoms with van der Waals surface area (Å²) in [4.78, 5) is 0.491. The molecule has 0 amide bonds. The Morgan fingerprint density at radius 3 is 2.84 bits per heavy atom. The molecule has 0 spiro atoms. The van der Waals surface area contributed by atoms with Gasteiger partial charge in [0.2, 0.25) is 0 Å². The summed E-state index contributed by atoms with van der Waals surface area (Å²) in [6.07, 6.45) is 0.968. The summed E-state index contributed by atoms with van der Waals surface area (Å²) in [6, 6.07) is 3.69. The molecule has 1 atom stereocenters. The van der Waals surface area contributed by atoms with E-state index in [1.54, 1.807) is 0 Å². The lowest BCUT2D eigenvalue weighted by atomic mass is 10.3. The predicted molar refractivity (Wildman–Crippen MR) is 75.7 cm³/mol. The molecule has 108 valence electrons. The largest absolute Gasteiger partial charge is 0.382 e. The van der Waals surface area contributed by atoms with Crippen LogP contribution < -0.4 is 5.32 Å². The quantitative estimate of drug-likeness (QED) is 0.555. The van der Waals surface area contributed by atoms with E-state index in [1.807, 2.05) is 13.8 Å². The fraction of sp³-hybridized carbons (Fsp3) is 0.571. The first kappa shape index (κ1) is 16.4. The van der Waals surface area contributed by atoms with Crippen molar-refractivity contribution in [2.45, 2.75) is 30.4 Å². The van der Waals surface area contributed by atoms with Crippen molar-refractivity contribution in [3.05, 3.63) is 29.8 Å². The highest BCUT2D eigenvalue weighted by molar-refractivity contribution is 8.00. The maximum Gasteiger partial charge on any atom is 0.139 e. The average Bonchev–Trinajstić information content (AvgIpc) is 2.37. The van der Waals surface area contributed by atoms with Gasteiger partial charge in [-0.1, -0.05) is 6.92 Å². The van der Waals surface area contributed by atoms with Crippen LogP contribution in [0.15, 0.2) is 23.1 Å². The molecule has 19 heavy (non-hydrogen) atoms. The van der Waals surface area contributed by atoms with Gasteiger partial charge in [0.05, 0.1) is 0 Å². The number of benzene rings is 1. The SMILES string of the molecule is CCOCCCNCC(C)Sc1ccc(F)cc1F. The third kappa shape index (κ3) is 6.89. The molecule has 1 N–H and O–H groups in total. The van der Waals surface area contributed by atoms with E-state index in [9.17, 15) is 8.78 Å². The second kappa shape index (κ2) is 9.28. The molecule has 0 aliphatic carbocycles. The summed E-state index contributed by atoms with van der Waals surface area (Å²) in [7, 11) is 0. The summed E-state index contributed by atoms with van der Waals surface area (Å²) in [5.41, 5.74) is 0. The number of hydrogen-bond donors (Lipinski definition) is 1. The van der Waals surface area contributed by atoms with E-state index in [2.05, 4.69) is 5.32 Å². The van der Waals surface area contributed by atoms with E-state index < -0.39 is 11.6 Å². The predicted octanol–water partition coefficient (Wildman–Crippen LogP) is 3.46. The lowest BCUT2D eigenvalue weighted by Gasteiger charge is -2.13. The van der Waals surface area contributed by atoms with E-state index in [-0.39, 0.29) is 5.25 Å². The standard InChI is InChI=1S/C14H21F2NOS/c1-3-18-8-4-7-17-10-11(2)19-14-6-5-12(15)9-13(14)16/h5-6,9,11,17H,3-4,7-8,10H2,1-2H3. The van der Waals surface area contributed by atoms with Crippen LogP contribution in [-0.4, -0.2) is 31.6 Å². The molecule has 1 rings (SSSR count). The van der Waals surface area contributed by atoms with Gasteiger partial charge < -0.3 is 10.1 Å². The van der Waals surface area contributed by atoms with Gasteiger partial charge >= 0.3 is 0 Å². The van der Waals surface area contributed by atoms with Gasteiger partial charge in [-0.2, -0.15) is 0 Å². The van der Waals surface area contributed by atoms with Gasteiger partial charge in [-0.15, -0.1) is 11.8 Å². The van der Waals surface area contributed by atoms with Gasteiger partial charge in [0.15, 0.2) is 0 Å². The summed E-state index contributed by atoms with van der Waals surface area (Å²) in [5.74, 6) is -1.03. The van der Waals surface area contributed by atoms with Crippen molar-refractivity contribution in [2.24, 2.45) is 0 Å². The molecule has 1 aromatic carbocycles. The molecule has 2 nitrogen and oxygen atoms in total. The molecule has 0 bridgehead atoms. The maximum absolute atomic E-state index is 13.4. The number of nitrogens with one attached hydrogen (secondary N) is 1. The summed E-state index contributed by atoms with van der Waals surface area (Å²) >= 11 is 1.41. The van der Waals surface area contributed by atoms with Crippen LogP contribution in [0.3, 0.4) is 0 Å². The minimum absolute atomic E-state index is 0.229. The van der Waals surface area contributed by atoms with Gasteiger partial charge in [0, 0.05) is 36.0 Å². The van der Waals surface area contributed by atoms with Crippen LogP contribution in [0.1, 0.15) is 20.3 Å². The Kier molecular flexibility index (Phi) is 8.02. The van der Waals surface area contributed by atoms with E-state index in [4.69, 9.17) is 4.74 Å². The maximum atomic E-state index is 13.4. The minimum Gasteiger partial charge on any atom is -0.382 e. The molecule has 0 aliphatic heterocycles. The molecule has 1 aromatic rings. The third-order valence-corrected chi connectivity index (χ3v) is 3.65. The molecular weight excluding hydrogens is 268 g/mol. The Hall–Kier alpha value is -0.650. The summed E-state index contributed by atoms with van der Waals surface area (Å²) < 4.78 is 31.4. The highest BCUT2D eigenvalue weighted by atomic mass is 32.2. The number of rotatable bonds is 9. The molecule has 0 saturated carbocycles. The summed E-state index contributed by atoms with van der Waals surface area (Å²) in [5, 5.41) is 3.53. The minimum atomic E-state index is -0.538. The van der Waals surface area contributed by atoms with Crippen LogP contribution in [0.2, 0.25) is 0 Å². The van der Waals surface area contributed by atoms with Crippen LogP contribution in [0.25, 0.3) is 0 Å². The topological polar surface area (TPSA) is 21.3 Å². The fourth-order valence-electron chi connectivity index (χ4n) is 1.58. The van der Waals surface area contributed by atoms with E-state index in [0.717, 1.165) is 38.8 Å². The van der Waals surface area contributed by atoms with Crippen molar-refractivity contribution in [1.82, 2.24) is 5.32 Å².